The Bertz CT molecular complexity index is 622. The summed E-state index contributed by atoms with van der Waals surface area (Å²) in [6, 6.07) is 5.26. The Hall–Kier alpha value is -0.390. The van der Waals surface area contributed by atoms with Crippen molar-refractivity contribution in [2.75, 3.05) is 7.11 Å². The molecule has 1 aromatic heterocycles. The zero-order valence-electron chi connectivity index (χ0n) is 9.75. The maximum absolute atomic E-state index is 6.15. The lowest BCUT2D eigenvalue weighted by Crippen LogP contribution is -2.00. The summed E-state index contributed by atoms with van der Waals surface area (Å²) < 4.78 is 5.68. The molecule has 0 aliphatic rings. The number of rotatable bonds is 3. The monoisotopic (exact) mass is 380 g/mol. The maximum atomic E-state index is 6.15. The van der Waals surface area contributed by atoms with Crippen molar-refractivity contribution in [1.29, 1.82) is 0 Å². The van der Waals surface area contributed by atoms with Crippen LogP contribution >= 0.6 is 50.7 Å². The van der Waals surface area contributed by atoms with Crippen LogP contribution in [0.1, 0.15) is 5.69 Å². The van der Waals surface area contributed by atoms with E-state index < -0.39 is 0 Å². The van der Waals surface area contributed by atoms with Crippen molar-refractivity contribution >= 4 is 50.7 Å². The molecule has 0 N–H and O–H groups in total. The molecule has 0 atom stereocenters. The van der Waals surface area contributed by atoms with Gasteiger partial charge in [-0.05, 0) is 28.1 Å². The van der Waals surface area contributed by atoms with E-state index in [1.54, 1.807) is 25.3 Å². The van der Waals surface area contributed by atoms with Gasteiger partial charge in [-0.25, -0.2) is 9.97 Å². The SMILES string of the molecule is COCc1nc(-c2cccc(Cl)c2Cl)nc(Cl)c1Br. The molecule has 0 saturated carbocycles. The Morgan fingerprint density at radius 2 is 1.95 bits per heavy atom. The average molecular weight is 382 g/mol. The molecule has 0 spiro atoms. The quantitative estimate of drug-likeness (QED) is 0.700. The lowest BCUT2D eigenvalue weighted by Gasteiger charge is -2.09. The first-order chi connectivity index (χ1) is 9.04. The third kappa shape index (κ3) is 3.20. The molecule has 0 amide bonds. The highest BCUT2D eigenvalue weighted by atomic mass is 79.9. The molecule has 100 valence electrons. The fraction of sp³-hybridized carbons (Fsp3) is 0.167. The van der Waals surface area contributed by atoms with Crippen molar-refractivity contribution in [1.82, 2.24) is 9.97 Å². The van der Waals surface area contributed by atoms with Gasteiger partial charge in [0, 0.05) is 12.7 Å². The zero-order chi connectivity index (χ0) is 14.0. The summed E-state index contributed by atoms with van der Waals surface area (Å²) in [7, 11) is 1.58. The first kappa shape index (κ1) is 15.0. The molecule has 3 nitrogen and oxygen atoms in total. The summed E-state index contributed by atoms with van der Waals surface area (Å²) in [6.45, 7) is 0.314. The second kappa shape index (κ2) is 6.37. The minimum atomic E-state index is 0.299. The van der Waals surface area contributed by atoms with E-state index in [9.17, 15) is 0 Å². The van der Waals surface area contributed by atoms with Gasteiger partial charge in [0.15, 0.2) is 5.82 Å². The van der Waals surface area contributed by atoms with Gasteiger partial charge in [0.2, 0.25) is 0 Å². The van der Waals surface area contributed by atoms with Crippen molar-refractivity contribution in [2.45, 2.75) is 6.61 Å². The molecular formula is C12H8BrCl3N2O. The molecule has 2 rings (SSSR count). The highest BCUT2D eigenvalue weighted by molar-refractivity contribution is 9.10. The topological polar surface area (TPSA) is 35.0 Å². The summed E-state index contributed by atoms with van der Waals surface area (Å²) in [5, 5.41) is 1.13. The van der Waals surface area contributed by atoms with Gasteiger partial charge in [-0.15, -0.1) is 0 Å². The number of aromatic nitrogens is 2. The largest absolute Gasteiger partial charge is 0.378 e. The Morgan fingerprint density at radius 1 is 1.21 bits per heavy atom. The lowest BCUT2D eigenvalue weighted by molar-refractivity contribution is 0.181. The van der Waals surface area contributed by atoms with Crippen LogP contribution in [0.5, 0.6) is 0 Å². The van der Waals surface area contributed by atoms with Crippen LogP contribution in [0.2, 0.25) is 15.2 Å². The van der Waals surface area contributed by atoms with Crippen molar-refractivity contribution < 1.29 is 4.74 Å². The molecule has 0 bridgehead atoms. The first-order valence-electron chi connectivity index (χ1n) is 5.19. The molecular weight excluding hydrogens is 374 g/mol. The maximum Gasteiger partial charge on any atom is 0.162 e. The van der Waals surface area contributed by atoms with Crippen molar-refractivity contribution in [3.8, 4) is 11.4 Å². The zero-order valence-corrected chi connectivity index (χ0v) is 13.6. The summed E-state index contributed by atoms with van der Waals surface area (Å²) in [5.41, 5.74) is 1.27. The summed E-state index contributed by atoms with van der Waals surface area (Å²) in [4.78, 5) is 8.58. The number of hydrogen-bond acceptors (Lipinski definition) is 3. The van der Waals surface area contributed by atoms with Gasteiger partial charge in [0.1, 0.15) is 5.15 Å². The van der Waals surface area contributed by atoms with Crippen molar-refractivity contribution in [3.05, 3.63) is 43.6 Å². The molecule has 1 aromatic carbocycles. The van der Waals surface area contributed by atoms with E-state index in [0.717, 1.165) is 0 Å². The number of halogens is 4. The van der Waals surface area contributed by atoms with Gasteiger partial charge in [-0.1, -0.05) is 40.9 Å². The van der Waals surface area contributed by atoms with Crippen LogP contribution in [0.3, 0.4) is 0 Å². The van der Waals surface area contributed by atoms with Crippen LogP contribution in [0.15, 0.2) is 22.7 Å². The molecule has 0 unspecified atom stereocenters. The summed E-state index contributed by atoms with van der Waals surface area (Å²) >= 11 is 21.5. The van der Waals surface area contributed by atoms with Gasteiger partial charge in [0.05, 0.1) is 26.8 Å². The van der Waals surface area contributed by atoms with Gasteiger partial charge in [-0.3, -0.25) is 0 Å². The Morgan fingerprint density at radius 3 is 2.63 bits per heavy atom. The Balaban J connectivity index is 2.59. The van der Waals surface area contributed by atoms with Crippen LogP contribution in [0.4, 0.5) is 0 Å². The normalized spacial score (nSPS) is 10.8. The first-order valence-corrected chi connectivity index (χ1v) is 7.12. The molecule has 2 aromatic rings. The molecule has 0 aliphatic carbocycles. The van der Waals surface area contributed by atoms with E-state index in [1.165, 1.54) is 0 Å². The van der Waals surface area contributed by atoms with E-state index in [2.05, 4.69) is 25.9 Å². The Kier molecular flexibility index (Phi) is 5.03. The van der Waals surface area contributed by atoms with Gasteiger partial charge in [0.25, 0.3) is 0 Å². The van der Waals surface area contributed by atoms with Crippen molar-refractivity contribution in [3.63, 3.8) is 0 Å². The number of benzene rings is 1. The highest BCUT2D eigenvalue weighted by Gasteiger charge is 2.15. The van der Waals surface area contributed by atoms with Crippen LogP contribution in [-0.4, -0.2) is 17.1 Å². The van der Waals surface area contributed by atoms with Crippen LogP contribution < -0.4 is 0 Å². The van der Waals surface area contributed by atoms with Gasteiger partial charge in [-0.2, -0.15) is 0 Å². The molecule has 19 heavy (non-hydrogen) atoms. The molecule has 0 fully saturated rings. The second-order valence-corrected chi connectivity index (χ2v) is 5.57. The van der Waals surface area contributed by atoms with Crippen molar-refractivity contribution in [2.24, 2.45) is 0 Å². The predicted octanol–water partition coefficient (Wildman–Crippen LogP) is 5.01. The predicted molar refractivity (Wildman–Crippen MR) is 80.9 cm³/mol. The summed E-state index contributed by atoms with van der Waals surface area (Å²) in [5.74, 6) is 0.410. The van der Waals surface area contributed by atoms with Gasteiger partial charge >= 0.3 is 0 Å². The van der Waals surface area contributed by atoms with Crippen LogP contribution in [0.25, 0.3) is 11.4 Å². The van der Waals surface area contributed by atoms with E-state index in [-0.39, 0.29) is 0 Å². The standard InChI is InChI=1S/C12H8BrCl3N2O/c1-19-5-8-9(13)11(16)18-12(17-8)6-3-2-4-7(14)10(6)15/h2-4H,5H2,1H3. The lowest BCUT2D eigenvalue weighted by atomic mass is 10.2. The van der Waals surface area contributed by atoms with Gasteiger partial charge < -0.3 is 4.74 Å². The number of methoxy groups -OCH3 is 1. The molecule has 0 saturated heterocycles. The summed E-state index contributed by atoms with van der Waals surface area (Å²) in [6.07, 6.45) is 0. The molecule has 0 aliphatic heterocycles. The van der Waals surface area contributed by atoms with Crippen LogP contribution in [-0.2, 0) is 11.3 Å². The molecule has 7 heteroatoms. The molecule has 1 heterocycles. The van der Waals surface area contributed by atoms with E-state index >= 15 is 0 Å². The highest BCUT2D eigenvalue weighted by Crippen LogP contribution is 2.34. The fourth-order valence-corrected chi connectivity index (χ4v) is 2.36. The molecule has 0 radical (unpaired) electrons. The fourth-order valence-electron chi connectivity index (χ4n) is 1.49. The minimum absolute atomic E-state index is 0.299. The number of hydrogen-bond donors (Lipinski definition) is 0. The third-order valence-corrected chi connectivity index (χ3v) is 4.51. The van der Waals surface area contributed by atoms with E-state index in [4.69, 9.17) is 39.5 Å². The number of nitrogens with zero attached hydrogens (tertiary/aromatic N) is 2. The smallest absolute Gasteiger partial charge is 0.162 e. The van der Waals surface area contributed by atoms with E-state index in [0.29, 0.717) is 43.4 Å². The Labute approximate surface area is 134 Å². The van der Waals surface area contributed by atoms with E-state index in [1.807, 2.05) is 0 Å². The third-order valence-electron chi connectivity index (χ3n) is 2.35. The average Bonchev–Trinajstić information content (AvgIpc) is 2.38. The second-order valence-electron chi connectivity index (χ2n) is 3.63. The number of ether oxygens (including phenoxy) is 1. The van der Waals surface area contributed by atoms with Crippen LogP contribution in [0, 0.1) is 0 Å². The minimum Gasteiger partial charge on any atom is -0.378 e.